The smallest absolute Gasteiger partial charge is 0.221 e. The first-order chi connectivity index (χ1) is 26.1. The van der Waals surface area contributed by atoms with E-state index in [1.807, 2.05) is 42.5 Å². The van der Waals surface area contributed by atoms with Gasteiger partial charge in [-0.05, 0) is 95.4 Å². The number of aromatic nitrogens is 2. The molecule has 2 aromatic heterocycles. The van der Waals surface area contributed by atoms with E-state index in [1.165, 1.54) is 54.6 Å². The van der Waals surface area contributed by atoms with Gasteiger partial charge < -0.3 is 13.9 Å². The van der Waals surface area contributed by atoms with Crippen LogP contribution in [-0.4, -0.2) is 20.9 Å². The Morgan fingerprint density at radius 1 is 0.377 bits per heavy atom. The molecule has 10 rings (SSSR count). The van der Waals surface area contributed by atoms with Crippen molar-refractivity contribution in [2.45, 2.75) is 0 Å². The average molecular weight is 681 g/mol. The van der Waals surface area contributed by atoms with Gasteiger partial charge in [0, 0.05) is 43.7 Å². The molecule has 0 aliphatic carbocycles. The zero-order chi connectivity index (χ0) is 35.5. The molecule has 0 saturated heterocycles. The Morgan fingerprint density at radius 3 is 1.53 bits per heavy atom. The van der Waals surface area contributed by atoms with Gasteiger partial charge in [-0.1, -0.05) is 103 Å². The molecule has 10 aromatic rings. The van der Waals surface area contributed by atoms with Crippen LogP contribution in [0, 0.1) is 10.8 Å². The summed E-state index contributed by atoms with van der Waals surface area (Å²) >= 11 is 0. The van der Waals surface area contributed by atoms with Crippen molar-refractivity contribution in [2.75, 3.05) is 0 Å². The highest BCUT2D eigenvalue weighted by atomic mass is 16.5. The third-order valence-electron chi connectivity index (χ3n) is 10.3. The predicted molar refractivity (Wildman–Crippen MR) is 219 cm³/mol. The summed E-state index contributed by atoms with van der Waals surface area (Å²) in [6.07, 6.45) is 0. The van der Waals surface area contributed by atoms with E-state index in [9.17, 15) is 0 Å². The standard InChI is InChI=1S/C48H32N4O/c49-47(32-12-2-1-3-13-32)53-48(50)33-21-25-36(26-22-33)51-43-18-8-6-16-38(43)40-29-34(23-27-45(40)51)35-24-28-46-41(30-35)39-17-7-9-19-44(39)52(46)42-20-10-14-31-11-4-5-15-37(31)42/h1-30,49-50H. The molecule has 0 saturated carbocycles. The molecule has 0 fully saturated rings. The minimum absolute atomic E-state index is 0.0485. The van der Waals surface area contributed by atoms with E-state index < -0.39 is 0 Å². The Labute approximate surface area is 305 Å². The van der Waals surface area contributed by atoms with Crippen LogP contribution in [0.1, 0.15) is 11.1 Å². The number of hydrogen-bond acceptors (Lipinski definition) is 3. The lowest BCUT2D eigenvalue weighted by molar-refractivity contribution is 0.538. The molecular weight excluding hydrogens is 649 g/mol. The first-order valence-electron chi connectivity index (χ1n) is 17.7. The van der Waals surface area contributed by atoms with Gasteiger partial charge in [-0.15, -0.1) is 0 Å². The number of benzene rings is 8. The van der Waals surface area contributed by atoms with E-state index in [1.54, 1.807) is 12.1 Å². The lowest BCUT2D eigenvalue weighted by Gasteiger charge is -2.12. The fourth-order valence-electron chi connectivity index (χ4n) is 7.82. The summed E-state index contributed by atoms with van der Waals surface area (Å²) in [5.41, 5.74) is 10.3. The molecule has 8 aromatic carbocycles. The minimum atomic E-state index is -0.0607. The largest absolute Gasteiger partial charge is 0.421 e. The van der Waals surface area contributed by atoms with Crippen molar-refractivity contribution in [2.24, 2.45) is 0 Å². The van der Waals surface area contributed by atoms with E-state index in [2.05, 4.69) is 137 Å². The third kappa shape index (κ3) is 5.01. The fraction of sp³-hybridized carbons (Fsp3) is 0. The van der Waals surface area contributed by atoms with Crippen molar-refractivity contribution in [3.05, 3.63) is 193 Å². The normalized spacial score (nSPS) is 11.5. The highest BCUT2D eigenvalue weighted by molar-refractivity contribution is 6.13. The van der Waals surface area contributed by atoms with E-state index in [4.69, 9.17) is 15.6 Å². The summed E-state index contributed by atoms with van der Waals surface area (Å²) in [5.74, 6) is -0.109. The first kappa shape index (κ1) is 30.6. The van der Waals surface area contributed by atoms with Crippen molar-refractivity contribution in [3.63, 3.8) is 0 Å². The van der Waals surface area contributed by atoms with Gasteiger partial charge in [-0.25, -0.2) is 0 Å². The monoisotopic (exact) mass is 680 g/mol. The molecule has 2 N–H and O–H groups in total. The van der Waals surface area contributed by atoms with Crippen LogP contribution in [0.3, 0.4) is 0 Å². The zero-order valence-corrected chi connectivity index (χ0v) is 28.6. The summed E-state index contributed by atoms with van der Waals surface area (Å²) in [6.45, 7) is 0. The molecule has 0 atom stereocenters. The molecule has 250 valence electrons. The molecule has 53 heavy (non-hydrogen) atoms. The van der Waals surface area contributed by atoms with Gasteiger partial charge in [0.1, 0.15) is 0 Å². The topological polar surface area (TPSA) is 66.8 Å². The maximum absolute atomic E-state index is 8.52. The van der Waals surface area contributed by atoms with Crippen LogP contribution in [0.15, 0.2) is 182 Å². The average Bonchev–Trinajstić information content (AvgIpc) is 3.73. The van der Waals surface area contributed by atoms with Crippen LogP contribution in [0.5, 0.6) is 0 Å². The zero-order valence-electron chi connectivity index (χ0n) is 28.6. The number of fused-ring (bicyclic) bond motifs is 7. The Balaban J connectivity index is 1.05. The summed E-state index contributed by atoms with van der Waals surface area (Å²) < 4.78 is 10.3. The summed E-state index contributed by atoms with van der Waals surface area (Å²) in [5, 5.41) is 24.1. The highest BCUT2D eigenvalue weighted by Crippen LogP contribution is 2.39. The number of para-hydroxylation sites is 2. The van der Waals surface area contributed by atoms with Gasteiger partial charge in [0.2, 0.25) is 11.8 Å². The van der Waals surface area contributed by atoms with Gasteiger partial charge >= 0.3 is 0 Å². The van der Waals surface area contributed by atoms with Crippen LogP contribution in [-0.2, 0) is 4.74 Å². The van der Waals surface area contributed by atoms with Crippen LogP contribution in [0.4, 0.5) is 0 Å². The molecule has 0 amide bonds. The van der Waals surface area contributed by atoms with Gasteiger partial charge in [0.15, 0.2) is 0 Å². The maximum Gasteiger partial charge on any atom is 0.221 e. The fourth-order valence-corrected chi connectivity index (χ4v) is 7.82. The van der Waals surface area contributed by atoms with Crippen molar-refractivity contribution >= 4 is 66.2 Å². The molecule has 0 aliphatic heterocycles. The molecular formula is C48H32N4O. The SMILES string of the molecule is N=C(OC(=N)c1ccc(-n2c3ccccc3c3cc(-c4ccc5c(c4)c4ccccc4n5-c4cccc5ccccc45)ccc32)cc1)c1ccccc1. The van der Waals surface area contributed by atoms with E-state index >= 15 is 0 Å². The Bertz CT molecular complexity index is 3060. The number of ether oxygens (including phenoxy) is 1. The van der Waals surface area contributed by atoms with Gasteiger partial charge in [-0.2, -0.15) is 0 Å². The molecule has 0 aliphatic rings. The van der Waals surface area contributed by atoms with Gasteiger partial charge in [0.05, 0.1) is 27.8 Å². The lowest BCUT2D eigenvalue weighted by Crippen LogP contribution is -2.12. The second-order valence-corrected chi connectivity index (χ2v) is 13.3. The number of rotatable bonds is 5. The van der Waals surface area contributed by atoms with Gasteiger partial charge in [-0.3, -0.25) is 10.8 Å². The van der Waals surface area contributed by atoms with Crippen molar-refractivity contribution in [1.29, 1.82) is 10.8 Å². The van der Waals surface area contributed by atoms with Crippen LogP contribution in [0.25, 0.3) is 76.9 Å². The van der Waals surface area contributed by atoms with Crippen LogP contribution < -0.4 is 0 Å². The third-order valence-corrected chi connectivity index (χ3v) is 10.3. The molecule has 0 unspecified atom stereocenters. The molecule has 0 bridgehead atoms. The second kappa shape index (κ2) is 12.2. The Kier molecular flexibility index (Phi) is 7.05. The first-order valence-corrected chi connectivity index (χ1v) is 17.7. The van der Waals surface area contributed by atoms with Crippen LogP contribution >= 0.6 is 0 Å². The minimum Gasteiger partial charge on any atom is -0.421 e. The molecule has 5 nitrogen and oxygen atoms in total. The van der Waals surface area contributed by atoms with Gasteiger partial charge in [0.25, 0.3) is 0 Å². The molecule has 2 heterocycles. The molecule has 0 spiro atoms. The molecule has 0 radical (unpaired) electrons. The van der Waals surface area contributed by atoms with E-state index in [-0.39, 0.29) is 11.8 Å². The van der Waals surface area contributed by atoms with Crippen molar-refractivity contribution in [3.8, 4) is 22.5 Å². The quantitative estimate of drug-likeness (QED) is 0.138. The maximum atomic E-state index is 8.52. The van der Waals surface area contributed by atoms with Crippen molar-refractivity contribution in [1.82, 2.24) is 9.13 Å². The Hall–Kier alpha value is -7.24. The number of hydrogen-bond donors (Lipinski definition) is 2. The Morgan fingerprint density at radius 2 is 0.868 bits per heavy atom. The van der Waals surface area contributed by atoms with E-state index in [0.717, 1.165) is 22.3 Å². The number of nitrogens with zero attached hydrogens (tertiary/aromatic N) is 2. The highest BCUT2D eigenvalue weighted by Gasteiger charge is 2.17. The second-order valence-electron chi connectivity index (χ2n) is 13.3. The summed E-state index contributed by atoms with van der Waals surface area (Å²) in [7, 11) is 0. The van der Waals surface area contributed by atoms with Crippen molar-refractivity contribution < 1.29 is 4.74 Å². The van der Waals surface area contributed by atoms with Crippen LogP contribution in [0.2, 0.25) is 0 Å². The number of nitrogens with one attached hydrogen (secondary N) is 2. The molecule has 5 heteroatoms. The summed E-state index contributed by atoms with van der Waals surface area (Å²) in [6, 6.07) is 62.9. The van der Waals surface area contributed by atoms with E-state index in [0.29, 0.717) is 11.1 Å². The lowest BCUT2D eigenvalue weighted by atomic mass is 10.0. The summed E-state index contributed by atoms with van der Waals surface area (Å²) in [4.78, 5) is 0. The predicted octanol–water partition coefficient (Wildman–Crippen LogP) is 12.1.